The molecule has 6 nitrogen and oxygen atoms in total. The Bertz CT molecular complexity index is 1140. The van der Waals surface area contributed by atoms with Crippen molar-refractivity contribution in [2.75, 3.05) is 18.1 Å². The van der Waals surface area contributed by atoms with Crippen molar-refractivity contribution in [2.24, 2.45) is 0 Å². The fourth-order valence-electron chi connectivity index (χ4n) is 4.25. The van der Waals surface area contributed by atoms with Gasteiger partial charge in [0.1, 0.15) is 6.67 Å². The van der Waals surface area contributed by atoms with Crippen LogP contribution in [0.1, 0.15) is 45.0 Å². The van der Waals surface area contributed by atoms with Crippen LogP contribution in [0.25, 0.3) is 16.2 Å². The lowest BCUT2D eigenvalue weighted by Gasteiger charge is -2.44. The summed E-state index contributed by atoms with van der Waals surface area (Å²) in [5.74, 6) is 0. The van der Waals surface area contributed by atoms with E-state index in [9.17, 15) is 13.2 Å². The summed E-state index contributed by atoms with van der Waals surface area (Å²) in [6, 6.07) is 5.82. The lowest BCUT2D eigenvalue weighted by Crippen LogP contribution is -2.61. The molecule has 0 bridgehead atoms. The first-order valence-electron chi connectivity index (χ1n) is 11.1. The molecule has 0 unspecified atom stereocenters. The minimum absolute atomic E-state index is 0.0468. The van der Waals surface area contributed by atoms with Crippen LogP contribution in [0.15, 0.2) is 29.3 Å². The minimum Gasteiger partial charge on any atom is -0.364 e. The number of hydrogen-bond donors (Lipinski definition) is 2. The van der Waals surface area contributed by atoms with Crippen LogP contribution in [0.3, 0.4) is 0 Å². The first kappa shape index (κ1) is 22.9. The van der Waals surface area contributed by atoms with E-state index < -0.39 is 13.1 Å². The molecule has 1 aliphatic heterocycles. The van der Waals surface area contributed by atoms with Crippen LogP contribution in [0.5, 0.6) is 0 Å². The predicted octanol–water partition coefficient (Wildman–Crippen LogP) is 5.07. The molecular formula is C22H27F3N6S2. The Morgan fingerprint density at radius 1 is 1.30 bits per heavy atom. The molecule has 0 aromatic carbocycles. The Morgan fingerprint density at radius 2 is 2.09 bits per heavy atom. The number of pyridine rings is 1. The fourth-order valence-corrected chi connectivity index (χ4v) is 5.87. The van der Waals surface area contributed by atoms with Crippen molar-refractivity contribution in [3.05, 3.63) is 29.4 Å². The zero-order valence-corrected chi connectivity index (χ0v) is 20.3. The van der Waals surface area contributed by atoms with Crippen LogP contribution in [-0.4, -0.2) is 51.5 Å². The van der Waals surface area contributed by atoms with Gasteiger partial charge in [-0.25, -0.2) is 13.2 Å². The molecule has 1 aliphatic carbocycles. The largest absolute Gasteiger partial charge is 0.364 e. The zero-order chi connectivity index (χ0) is 23.3. The van der Waals surface area contributed by atoms with E-state index in [2.05, 4.69) is 45.0 Å². The van der Waals surface area contributed by atoms with Gasteiger partial charge in [0.15, 0.2) is 10.0 Å². The summed E-state index contributed by atoms with van der Waals surface area (Å²) in [5, 5.41) is 11.2. The van der Waals surface area contributed by atoms with Gasteiger partial charge >= 0.3 is 0 Å². The summed E-state index contributed by atoms with van der Waals surface area (Å²) < 4.78 is 45.5. The molecule has 0 spiro atoms. The summed E-state index contributed by atoms with van der Waals surface area (Å²) in [6.07, 6.45) is 1.63. The minimum atomic E-state index is -2.64. The third-order valence-electron chi connectivity index (χ3n) is 6.50. The summed E-state index contributed by atoms with van der Waals surface area (Å²) in [7, 11) is 0. The molecule has 1 saturated carbocycles. The van der Waals surface area contributed by atoms with Crippen LogP contribution < -0.4 is 14.9 Å². The van der Waals surface area contributed by atoms with Crippen molar-refractivity contribution < 1.29 is 13.2 Å². The quantitative estimate of drug-likeness (QED) is 0.446. The van der Waals surface area contributed by atoms with Gasteiger partial charge in [0.25, 0.3) is 6.43 Å². The molecule has 3 aromatic heterocycles. The van der Waals surface area contributed by atoms with Crippen molar-refractivity contribution in [3.8, 4) is 10.7 Å². The average molecular weight is 497 g/mol. The van der Waals surface area contributed by atoms with Crippen molar-refractivity contribution >= 4 is 34.5 Å². The predicted molar refractivity (Wildman–Crippen MR) is 127 cm³/mol. The molecule has 3 aromatic rings. The highest BCUT2D eigenvalue weighted by molar-refractivity contribution is 7.97. The van der Waals surface area contributed by atoms with E-state index in [1.165, 1.54) is 0 Å². The van der Waals surface area contributed by atoms with E-state index in [-0.39, 0.29) is 28.7 Å². The van der Waals surface area contributed by atoms with E-state index in [1.807, 2.05) is 29.7 Å². The monoisotopic (exact) mass is 496 g/mol. The second kappa shape index (κ2) is 8.75. The van der Waals surface area contributed by atoms with Crippen molar-refractivity contribution in [1.82, 2.24) is 24.6 Å². The molecule has 2 N–H and O–H groups in total. The molecule has 2 aliphatic rings. The van der Waals surface area contributed by atoms with E-state index in [0.29, 0.717) is 10.7 Å². The zero-order valence-electron chi connectivity index (χ0n) is 18.7. The number of aromatic nitrogens is 3. The maximum absolute atomic E-state index is 13.8. The second-order valence-corrected chi connectivity index (χ2v) is 11.2. The molecule has 11 heteroatoms. The van der Waals surface area contributed by atoms with E-state index in [0.717, 1.165) is 46.8 Å². The first-order chi connectivity index (χ1) is 15.8. The Morgan fingerprint density at radius 3 is 2.76 bits per heavy atom. The molecule has 33 heavy (non-hydrogen) atoms. The fraction of sp³-hybridized carbons (Fsp3) is 0.545. The van der Waals surface area contributed by atoms with Crippen LogP contribution in [0.4, 0.5) is 18.9 Å². The molecule has 4 heterocycles. The van der Waals surface area contributed by atoms with Crippen molar-refractivity contribution in [3.63, 3.8) is 0 Å². The standard InChI is InChI=1S/C22H27F3N6S2/c1-12-10-30(13(2)15(9-23)26-12)18-8-14(33-29-22(3)6-7-22)11-31-16(18)4-5-17(31)20-27-28-21(32-20)19(24)25/h4-5,8,11-13,15,19,26,29H,6-7,9-10H2,1-3H3/t12-,13-,15+/m0/s1. The summed E-state index contributed by atoms with van der Waals surface area (Å²) in [6.45, 7) is 6.58. The molecule has 2 fully saturated rings. The molecule has 178 valence electrons. The number of alkyl halides is 3. The maximum Gasteiger partial charge on any atom is 0.291 e. The van der Waals surface area contributed by atoms with Gasteiger partial charge in [-0.2, -0.15) is 0 Å². The van der Waals surface area contributed by atoms with Gasteiger partial charge in [0.05, 0.1) is 22.9 Å². The Kier molecular flexibility index (Phi) is 6.09. The third-order valence-corrected chi connectivity index (χ3v) is 8.50. The number of nitrogens with one attached hydrogen (secondary N) is 2. The van der Waals surface area contributed by atoms with Crippen LogP contribution in [-0.2, 0) is 0 Å². The highest BCUT2D eigenvalue weighted by atomic mass is 32.2. The van der Waals surface area contributed by atoms with Crippen LogP contribution >= 0.6 is 23.3 Å². The SMILES string of the molecule is C[C@H]1CN(c2cc(SNC3(C)CC3)cn3c(-c4nnc(C(F)F)s4)ccc23)[C@@H](C)[C@@H](CF)N1. The molecule has 0 radical (unpaired) electrons. The number of anilines is 1. The van der Waals surface area contributed by atoms with Gasteiger partial charge in [-0.3, -0.25) is 4.72 Å². The number of rotatable bonds is 7. The summed E-state index contributed by atoms with van der Waals surface area (Å²) >= 11 is 2.47. The summed E-state index contributed by atoms with van der Waals surface area (Å²) in [5.41, 5.74) is 2.78. The summed E-state index contributed by atoms with van der Waals surface area (Å²) in [4.78, 5) is 3.25. The van der Waals surface area contributed by atoms with Crippen LogP contribution in [0.2, 0.25) is 0 Å². The normalized spacial score (nSPS) is 24.7. The van der Waals surface area contributed by atoms with Gasteiger partial charge in [-0.15, -0.1) is 10.2 Å². The number of nitrogens with zero attached hydrogens (tertiary/aromatic N) is 4. The van der Waals surface area contributed by atoms with Crippen molar-refractivity contribution in [1.29, 1.82) is 0 Å². The molecular weight excluding hydrogens is 469 g/mol. The topological polar surface area (TPSA) is 57.5 Å². The number of hydrogen-bond acceptors (Lipinski definition) is 7. The van der Waals surface area contributed by atoms with Gasteiger partial charge in [-0.1, -0.05) is 11.3 Å². The highest BCUT2D eigenvalue weighted by Crippen LogP contribution is 2.40. The molecule has 0 amide bonds. The highest BCUT2D eigenvalue weighted by Gasteiger charge is 2.37. The van der Waals surface area contributed by atoms with Crippen LogP contribution in [0, 0.1) is 0 Å². The number of piperazine rings is 1. The van der Waals surface area contributed by atoms with E-state index >= 15 is 0 Å². The molecule has 5 rings (SSSR count). The Hall–Kier alpha value is -1.82. The van der Waals surface area contributed by atoms with E-state index in [1.54, 1.807) is 11.9 Å². The van der Waals surface area contributed by atoms with Gasteiger partial charge in [0, 0.05) is 35.3 Å². The maximum atomic E-state index is 13.8. The van der Waals surface area contributed by atoms with Gasteiger partial charge in [-0.05, 0) is 63.8 Å². The number of halogens is 3. The third kappa shape index (κ3) is 4.48. The first-order valence-corrected chi connectivity index (χ1v) is 12.7. The molecule has 1 saturated heterocycles. The van der Waals surface area contributed by atoms with Gasteiger partial charge < -0.3 is 14.6 Å². The Balaban J connectivity index is 1.60. The van der Waals surface area contributed by atoms with Gasteiger partial charge in [0.2, 0.25) is 0 Å². The van der Waals surface area contributed by atoms with E-state index in [4.69, 9.17) is 0 Å². The lowest BCUT2D eigenvalue weighted by atomic mass is 10.0. The number of fused-ring (bicyclic) bond motifs is 1. The Labute approximate surface area is 199 Å². The smallest absolute Gasteiger partial charge is 0.291 e. The second-order valence-electron chi connectivity index (χ2n) is 9.27. The van der Waals surface area contributed by atoms with Crippen molar-refractivity contribution in [2.45, 2.75) is 68.6 Å². The lowest BCUT2D eigenvalue weighted by molar-refractivity contribution is 0.150. The average Bonchev–Trinajstić information content (AvgIpc) is 3.17. The molecule has 3 atom stereocenters.